The van der Waals surface area contributed by atoms with E-state index in [9.17, 15) is 0 Å². The molecule has 0 aromatic rings. The summed E-state index contributed by atoms with van der Waals surface area (Å²) in [5, 5.41) is 0. The van der Waals surface area contributed by atoms with E-state index in [4.69, 9.17) is 0 Å². The van der Waals surface area contributed by atoms with Crippen LogP contribution in [-0.4, -0.2) is 0 Å². The first kappa shape index (κ1) is 7.22. The van der Waals surface area contributed by atoms with Gasteiger partial charge in [0.25, 0.3) is 0 Å². The summed E-state index contributed by atoms with van der Waals surface area (Å²) in [6, 6.07) is 0. The second kappa shape index (κ2) is 4.38. The van der Waals surface area contributed by atoms with Crippen molar-refractivity contribution in [1.82, 2.24) is 0 Å². The van der Waals surface area contributed by atoms with E-state index < -0.39 is 0 Å². The van der Waals surface area contributed by atoms with Crippen LogP contribution in [0.15, 0.2) is 4.48 Å². The molecule has 0 rings (SSSR count). The van der Waals surface area contributed by atoms with E-state index in [1.54, 1.807) is 0 Å². The Labute approximate surface area is 53.7 Å². The maximum atomic E-state index is 3.34. The maximum absolute atomic E-state index is 3.34. The van der Waals surface area contributed by atoms with Crippen LogP contribution in [-0.2, 0) is 0 Å². The van der Waals surface area contributed by atoms with E-state index in [0.717, 1.165) is 12.8 Å². The molecule has 0 heterocycles. The lowest BCUT2D eigenvalue weighted by Gasteiger charge is -1.84. The molecule has 0 saturated carbocycles. The molecule has 0 spiro atoms. The van der Waals surface area contributed by atoms with Gasteiger partial charge in [0.2, 0.25) is 0 Å². The summed E-state index contributed by atoms with van der Waals surface area (Å²) in [5.41, 5.74) is 0. The average Bonchev–Trinajstić information content (AvgIpc) is 1.68. The van der Waals surface area contributed by atoms with Crippen molar-refractivity contribution in [2.75, 3.05) is 0 Å². The van der Waals surface area contributed by atoms with Crippen molar-refractivity contribution in [3.63, 3.8) is 0 Å². The second-order valence-corrected chi connectivity index (χ2v) is 2.25. The largest absolute Gasteiger partial charge is 0.0613 e. The molecular formula is C6H10Br. The van der Waals surface area contributed by atoms with Gasteiger partial charge in [-0.05, 0) is 23.4 Å². The number of hydrogen-bond donors (Lipinski definition) is 0. The minimum Gasteiger partial charge on any atom is -0.0613 e. The van der Waals surface area contributed by atoms with Gasteiger partial charge in [-0.1, -0.05) is 29.8 Å². The molecule has 1 heteroatoms. The summed E-state index contributed by atoms with van der Waals surface area (Å²) < 4.78 is 1.19. The van der Waals surface area contributed by atoms with Crippen molar-refractivity contribution in [2.45, 2.75) is 26.7 Å². The van der Waals surface area contributed by atoms with Gasteiger partial charge in [0.05, 0.1) is 0 Å². The molecule has 0 bridgehead atoms. The Morgan fingerprint density at radius 3 is 2.29 bits per heavy atom. The van der Waals surface area contributed by atoms with Crippen molar-refractivity contribution < 1.29 is 0 Å². The van der Waals surface area contributed by atoms with Crippen molar-refractivity contribution in [1.29, 1.82) is 0 Å². The first-order valence-corrected chi connectivity index (χ1v) is 3.35. The maximum Gasteiger partial charge on any atom is -0.00172 e. The molecule has 0 fully saturated rings. The Morgan fingerprint density at radius 2 is 2.14 bits per heavy atom. The van der Waals surface area contributed by atoms with E-state index in [1.165, 1.54) is 4.48 Å². The Morgan fingerprint density at radius 1 is 1.57 bits per heavy atom. The van der Waals surface area contributed by atoms with Crippen LogP contribution in [0.4, 0.5) is 0 Å². The number of hydrogen-bond acceptors (Lipinski definition) is 0. The first-order chi connectivity index (χ1) is 3.31. The molecule has 0 aliphatic heterocycles. The fourth-order valence-electron chi connectivity index (χ4n) is 0.317. The third-order valence-electron chi connectivity index (χ3n) is 0.679. The highest BCUT2D eigenvalue weighted by atomic mass is 79.9. The summed E-state index contributed by atoms with van der Waals surface area (Å²) in [7, 11) is 0. The summed E-state index contributed by atoms with van der Waals surface area (Å²) >= 11 is 3.34. The predicted molar refractivity (Wildman–Crippen MR) is 36.3 cm³/mol. The van der Waals surface area contributed by atoms with Crippen molar-refractivity contribution in [3.8, 4) is 0 Å². The van der Waals surface area contributed by atoms with Crippen LogP contribution >= 0.6 is 15.9 Å². The minimum atomic E-state index is 1.01. The fraction of sp³-hybridized carbons (Fsp3) is 0.667. The normalized spacial score (nSPS) is 12.1. The molecular weight excluding hydrogens is 152 g/mol. The Bertz CT molecular complexity index is 64.6. The molecule has 0 aliphatic carbocycles. The summed E-state index contributed by atoms with van der Waals surface area (Å²) in [4.78, 5) is 0. The molecule has 41 valence electrons. The van der Waals surface area contributed by atoms with E-state index in [0.29, 0.717) is 0 Å². The third-order valence-corrected chi connectivity index (χ3v) is 1.52. The summed E-state index contributed by atoms with van der Waals surface area (Å²) in [6.07, 6.45) is 5.20. The lowest BCUT2D eigenvalue weighted by atomic mass is 10.4. The molecule has 0 amide bonds. The molecule has 0 aromatic heterocycles. The van der Waals surface area contributed by atoms with E-state index in [2.05, 4.69) is 35.9 Å². The molecule has 0 atom stereocenters. The van der Waals surface area contributed by atoms with Crippen LogP contribution in [0.2, 0.25) is 0 Å². The van der Waals surface area contributed by atoms with Gasteiger partial charge in [-0.3, -0.25) is 0 Å². The zero-order valence-electron chi connectivity index (χ0n) is 4.79. The van der Waals surface area contributed by atoms with E-state index in [-0.39, 0.29) is 0 Å². The van der Waals surface area contributed by atoms with Crippen LogP contribution in [0.25, 0.3) is 0 Å². The van der Waals surface area contributed by atoms with Gasteiger partial charge in [-0.25, -0.2) is 0 Å². The molecule has 0 aliphatic rings. The summed E-state index contributed by atoms with van der Waals surface area (Å²) in [6.45, 7) is 4.18. The third kappa shape index (κ3) is 4.07. The van der Waals surface area contributed by atoms with Gasteiger partial charge in [0, 0.05) is 0 Å². The molecule has 0 nitrogen and oxygen atoms in total. The van der Waals surface area contributed by atoms with E-state index in [1.807, 2.05) is 0 Å². The quantitative estimate of drug-likeness (QED) is 0.585. The van der Waals surface area contributed by atoms with Crippen LogP contribution < -0.4 is 0 Å². The number of halogens is 1. The van der Waals surface area contributed by atoms with Gasteiger partial charge in [-0.15, -0.1) is 0 Å². The SMILES string of the molecule is CC/[C]=C(\Br)CC. The number of rotatable bonds is 2. The Balaban J connectivity index is 3.29. The van der Waals surface area contributed by atoms with Crippen LogP contribution in [0.1, 0.15) is 26.7 Å². The van der Waals surface area contributed by atoms with Crippen molar-refractivity contribution >= 4 is 15.9 Å². The lowest BCUT2D eigenvalue weighted by molar-refractivity contribution is 1.11. The second-order valence-electron chi connectivity index (χ2n) is 1.29. The summed E-state index contributed by atoms with van der Waals surface area (Å²) in [5.74, 6) is 0. The number of allylic oxidation sites excluding steroid dienone is 2. The monoisotopic (exact) mass is 161 g/mol. The first-order valence-electron chi connectivity index (χ1n) is 2.56. The van der Waals surface area contributed by atoms with Gasteiger partial charge in [-0.2, -0.15) is 0 Å². The highest BCUT2D eigenvalue weighted by molar-refractivity contribution is 9.11. The van der Waals surface area contributed by atoms with Crippen LogP contribution in [0.5, 0.6) is 0 Å². The topological polar surface area (TPSA) is 0 Å². The Hall–Kier alpha value is 0.220. The van der Waals surface area contributed by atoms with Crippen LogP contribution in [0.3, 0.4) is 0 Å². The minimum absolute atomic E-state index is 1.01. The van der Waals surface area contributed by atoms with Gasteiger partial charge >= 0.3 is 0 Å². The zero-order chi connectivity index (χ0) is 5.70. The molecule has 0 unspecified atom stereocenters. The van der Waals surface area contributed by atoms with Crippen LogP contribution in [0, 0.1) is 6.08 Å². The van der Waals surface area contributed by atoms with Crippen molar-refractivity contribution in [3.05, 3.63) is 10.6 Å². The van der Waals surface area contributed by atoms with Gasteiger partial charge in [0.1, 0.15) is 0 Å². The standard InChI is InChI=1S/C6H10Br/c1-3-5-6(7)4-2/h3-4H2,1-2H3. The fourth-order valence-corrected chi connectivity index (χ4v) is 0.597. The zero-order valence-corrected chi connectivity index (χ0v) is 6.38. The molecule has 1 radical (unpaired) electrons. The average molecular weight is 162 g/mol. The molecule has 0 saturated heterocycles. The molecule has 7 heavy (non-hydrogen) atoms. The highest BCUT2D eigenvalue weighted by Crippen LogP contribution is 2.07. The van der Waals surface area contributed by atoms with Gasteiger partial charge in [0.15, 0.2) is 0 Å². The van der Waals surface area contributed by atoms with Gasteiger partial charge < -0.3 is 0 Å². The Kier molecular flexibility index (Phi) is 4.52. The van der Waals surface area contributed by atoms with E-state index >= 15 is 0 Å². The predicted octanol–water partition coefficient (Wildman–Crippen LogP) is 2.89. The molecule has 0 N–H and O–H groups in total. The molecule has 0 aromatic carbocycles. The lowest BCUT2D eigenvalue weighted by Crippen LogP contribution is -1.63. The van der Waals surface area contributed by atoms with Crippen molar-refractivity contribution in [2.24, 2.45) is 0 Å². The highest BCUT2D eigenvalue weighted by Gasteiger charge is 1.80. The smallest absolute Gasteiger partial charge is 0.00172 e.